The van der Waals surface area contributed by atoms with Crippen molar-refractivity contribution in [1.82, 2.24) is 19.8 Å². The molecule has 0 spiro atoms. The monoisotopic (exact) mass is 564 g/mol. The molecule has 11 heteroatoms. The van der Waals surface area contributed by atoms with Crippen LogP contribution in [0.5, 0.6) is 0 Å². The Morgan fingerprint density at radius 2 is 1.71 bits per heavy atom. The quantitative estimate of drug-likeness (QED) is 0.275. The molecular weight excluding hydrogens is 533 g/mol. The van der Waals surface area contributed by atoms with E-state index in [1.165, 1.54) is 24.4 Å². The minimum atomic E-state index is -4.57. The van der Waals surface area contributed by atoms with Crippen LogP contribution in [0.1, 0.15) is 44.3 Å². The van der Waals surface area contributed by atoms with Crippen LogP contribution in [0.4, 0.5) is 24.5 Å². The number of halogens is 3. The molecule has 3 N–H and O–H groups in total. The highest BCUT2D eigenvalue weighted by Gasteiger charge is 2.34. The number of nitrogens with one attached hydrogen (secondary N) is 3. The zero-order valence-electron chi connectivity index (χ0n) is 22.8. The maximum Gasteiger partial charge on any atom is 0.416 e. The molecule has 3 heterocycles. The summed E-state index contributed by atoms with van der Waals surface area (Å²) in [4.78, 5) is 37.5. The number of hydrogen-bond acceptors (Lipinski definition) is 5. The van der Waals surface area contributed by atoms with Crippen molar-refractivity contribution in [2.24, 2.45) is 0 Å². The number of H-pyrrole nitrogens is 1. The fourth-order valence-corrected chi connectivity index (χ4v) is 5.01. The minimum Gasteiger partial charge on any atom is -0.346 e. The number of fused-ring (bicyclic) bond motifs is 1. The maximum atomic E-state index is 14.0. The number of carbonyl (C=O) groups is 2. The van der Waals surface area contributed by atoms with Crippen LogP contribution >= 0.6 is 0 Å². The Labute approximate surface area is 235 Å². The number of aryl methyl sites for hydroxylation is 1. The van der Waals surface area contributed by atoms with Crippen molar-refractivity contribution in [3.63, 3.8) is 0 Å². The first-order valence-electron chi connectivity index (χ1n) is 13.4. The Balaban J connectivity index is 1.31. The number of piperazine rings is 1. The molecule has 2 amide bonds. The van der Waals surface area contributed by atoms with Gasteiger partial charge in [0.2, 0.25) is 0 Å². The van der Waals surface area contributed by atoms with Crippen molar-refractivity contribution < 1.29 is 22.8 Å². The molecule has 1 aliphatic rings. The maximum absolute atomic E-state index is 14.0. The second kappa shape index (κ2) is 11.7. The first kappa shape index (κ1) is 28.3. The van der Waals surface area contributed by atoms with Crippen LogP contribution in [0.25, 0.3) is 11.0 Å². The summed E-state index contributed by atoms with van der Waals surface area (Å²) in [7, 11) is 0. The summed E-state index contributed by atoms with van der Waals surface area (Å²) in [6, 6.07) is 12.0. The number of anilines is 2. The van der Waals surface area contributed by atoms with Gasteiger partial charge in [-0.15, -0.1) is 0 Å². The fraction of sp³-hybridized carbons (Fsp3) is 0.300. The largest absolute Gasteiger partial charge is 0.416 e. The summed E-state index contributed by atoms with van der Waals surface area (Å²) in [6.07, 6.45) is -1.35. The van der Waals surface area contributed by atoms with Gasteiger partial charge in [-0.2, -0.15) is 13.2 Å². The van der Waals surface area contributed by atoms with Gasteiger partial charge in [0.15, 0.2) is 0 Å². The number of rotatable bonds is 7. The molecule has 0 unspecified atom stereocenters. The summed E-state index contributed by atoms with van der Waals surface area (Å²) >= 11 is 0. The van der Waals surface area contributed by atoms with Crippen LogP contribution in [-0.4, -0.2) is 64.3 Å². The van der Waals surface area contributed by atoms with E-state index in [9.17, 15) is 22.8 Å². The van der Waals surface area contributed by atoms with Gasteiger partial charge in [0, 0.05) is 67.4 Å². The van der Waals surface area contributed by atoms with Crippen LogP contribution in [0, 0.1) is 6.92 Å². The normalized spacial score (nSPS) is 14.8. The number of amides is 2. The third kappa shape index (κ3) is 6.41. The predicted octanol–water partition coefficient (Wildman–Crippen LogP) is 5.53. The molecule has 5 rings (SSSR count). The number of benzene rings is 2. The van der Waals surface area contributed by atoms with E-state index < -0.39 is 17.6 Å². The number of aromatic amines is 1. The van der Waals surface area contributed by atoms with Gasteiger partial charge in [0.25, 0.3) is 11.8 Å². The summed E-state index contributed by atoms with van der Waals surface area (Å²) in [5, 5.41) is 6.07. The molecule has 8 nitrogen and oxygen atoms in total. The SMILES string of the molecule is CCN1CCN(Cc2ccc(NC(=O)c3ccc(C)c(NC(=O)c4ccnc5[nH]ccc45)c3)cc2C(F)(F)F)CC1. The van der Waals surface area contributed by atoms with Crippen molar-refractivity contribution in [2.45, 2.75) is 26.6 Å². The standard InChI is InChI=1S/C30H31F3N6O2/c1-3-38-12-14-39(15-13-38)18-21-6-7-22(17-25(21)30(31,32)33)36-28(40)20-5-4-19(2)26(16-20)37-29(41)24-9-11-35-27-23(24)8-10-34-27/h4-11,16-17H,3,12-15,18H2,1-2H3,(H,34,35)(H,36,40)(H,37,41). The highest BCUT2D eigenvalue weighted by Crippen LogP contribution is 2.35. The third-order valence-corrected chi connectivity index (χ3v) is 7.43. The Morgan fingerprint density at radius 3 is 2.44 bits per heavy atom. The van der Waals surface area contributed by atoms with E-state index in [0.29, 0.717) is 35.4 Å². The van der Waals surface area contributed by atoms with E-state index in [-0.39, 0.29) is 29.3 Å². The lowest BCUT2D eigenvalue weighted by Gasteiger charge is -2.34. The predicted molar refractivity (Wildman–Crippen MR) is 152 cm³/mol. The molecule has 1 aliphatic heterocycles. The van der Waals surface area contributed by atoms with E-state index >= 15 is 0 Å². The van der Waals surface area contributed by atoms with Crippen molar-refractivity contribution in [3.05, 3.63) is 88.7 Å². The molecule has 1 saturated heterocycles. The number of aromatic nitrogens is 2. The minimum absolute atomic E-state index is 0.0414. The second-order valence-electron chi connectivity index (χ2n) is 10.1. The topological polar surface area (TPSA) is 93.4 Å². The smallest absolute Gasteiger partial charge is 0.346 e. The van der Waals surface area contributed by atoms with Crippen LogP contribution in [0.15, 0.2) is 60.9 Å². The highest BCUT2D eigenvalue weighted by atomic mass is 19.4. The number of hydrogen-bond donors (Lipinski definition) is 3. The molecule has 0 radical (unpaired) electrons. The summed E-state index contributed by atoms with van der Waals surface area (Å²) in [5.74, 6) is -0.965. The van der Waals surface area contributed by atoms with E-state index in [1.54, 1.807) is 37.4 Å². The molecule has 0 saturated carbocycles. The van der Waals surface area contributed by atoms with Crippen molar-refractivity contribution >= 4 is 34.2 Å². The number of nitrogens with zero attached hydrogens (tertiary/aromatic N) is 3. The summed E-state index contributed by atoms with van der Waals surface area (Å²) in [5.41, 5.74) is 1.77. The van der Waals surface area contributed by atoms with Crippen LogP contribution < -0.4 is 10.6 Å². The molecular formula is C30H31F3N6O2. The zero-order chi connectivity index (χ0) is 29.1. The average Bonchev–Trinajstić information content (AvgIpc) is 3.44. The Morgan fingerprint density at radius 1 is 0.951 bits per heavy atom. The van der Waals surface area contributed by atoms with E-state index in [1.807, 2.05) is 4.90 Å². The number of likely N-dealkylation sites (N-methyl/N-ethyl adjacent to an activating group) is 1. The second-order valence-corrected chi connectivity index (χ2v) is 10.1. The van der Waals surface area contributed by atoms with Gasteiger partial charge in [-0.3, -0.25) is 14.5 Å². The van der Waals surface area contributed by atoms with Gasteiger partial charge in [0.1, 0.15) is 5.65 Å². The van der Waals surface area contributed by atoms with Gasteiger partial charge in [-0.05, 0) is 61.0 Å². The van der Waals surface area contributed by atoms with E-state index in [2.05, 4.69) is 32.4 Å². The Kier molecular flexibility index (Phi) is 8.09. The molecule has 2 aromatic heterocycles. The molecule has 0 aliphatic carbocycles. The fourth-order valence-electron chi connectivity index (χ4n) is 5.01. The number of pyridine rings is 1. The Hall–Kier alpha value is -4.22. The summed E-state index contributed by atoms with van der Waals surface area (Å²) in [6.45, 7) is 8.02. The van der Waals surface area contributed by atoms with Crippen LogP contribution in [-0.2, 0) is 12.7 Å². The van der Waals surface area contributed by atoms with Crippen molar-refractivity contribution in [1.29, 1.82) is 0 Å². The lowest BCUT2D eigenvalue weighted by molar-refractivity contribution is -0.138. The van der Waals surface area contributed by atoms with E-state index in [4.69, 9.17) is 0 Å². The lowest BCUT2D eigenvalue weighted by Crippen LogP contribution is -2.45. The lowest BCUT2D eigenvalue weighted by atomic mass is 10.0. The molecule has 4 aromatic rings. The van der Waals surface area contributed by atoms with Gasteiger partial charge in [-0.25, -0.2) is 4.98 Å². The summed E-state index contributed by atoms with van der Waals surface area (Å²) < 4.78 is 42.0. The molecule has 2 aromatic carbocycles. The highest BCUT2D eigenvalue weighted by molar-refractivity contribution is 6.13. The molecule has 0 bridgehead atoms. The molecule has 214 valence electrons. The first-order valence-corrected chi connectivity index (χ1v) is 13.4. The van der Waals surface area contributed by atoms with Crippen LogP contribution in [0.3, 0.4) is 0 Å². The van der Waals surface area contributed by atoms with Crippen molar-refractivity contribution in [2.75, 3.05) is 43.4 Å². The number of alkyl halides is 3. The Bertz CT molecular complexity index is 1570. The molecule has 0 atom stereocenters. The van der Waals surface area contributed by atoms with Gasteiger partial charge in [-0.1, -0.05) is 19.1 Å². The van der Waals surface area contributed by atoms with Crippen molar-refractivity contribution in [3.8, 4) is 0 Å². The first-order chi connectivity index (χ1) is 19.6. The van der Waals surface area contributed by atoms with Gasteiger partial charge >= 0.3 is 6.18 Å². The molecule has 41 heavy (non-hydrogen) atoms. The molecule has 1 fully saturated rings. The van der Waals surface area contributed by atoms with E-state index in [0.717, 1.165) is 31.3 Å². The van der Waals surface area contributed by atoms with Crippen LogP contribution in [0.2, 0.25) is 0 Å². The average molecular weight is 565 g/mol. The third-order valence-electron chi connectivity index (χ3n) is 7.43. The zero-order valence-corrected chi connectivity index (χ0v) is 22.8. The van der Waals surface area contributed by atoms with Gasteiger partial charge < -0.3 is 20.5 Å². The number of carbonyl (C=O) groups excluding carboxylic acids is 2. The van der Waals surface area contributed by atoms with Gasteiger partial charge in [0.05, 0.1) is 11.1 Å².